The molecule has 1 amide bonds. The molecule has 6 heteroatoms. The van der Waals surface area contributed by atoms with Crippen LogP contribution in [0.5, 0.6) is 11.5 Å². The summed E-state index contributed by atoms with van der Waals surface area (Å²) in [6, 6.07) is 11.5. The van der Waals surface area contributed by atoms with E-state index >= 15 is 0 Å². The molecule has 1 atom stereocenters. The molecule has 1 heterocycles. The van der Waals surface area contributed by atoms with E-state index in [9.17, 15) is 9.18 Å². The summed E-state index contributed by atoms with van der Waals surface area (Å²) in [5.41, 5.74) is 0.792. The number of para-hydroxylation sites is 1. The number of ether oxygens (including phenoxy) is 2. The normalized spacial score (nSPS) is 20.6. The van der Waals surface area contributed by atoms with E-state index in [1.807, 2.05) is 25.2 Å². The van der Waals surface area contributed by atoms with Crippen LogP contribution in [0.3, 0.4) is 0 Å². The van der Waals surface area contributed by atoms with Gasteiger partial charge in [-0.3, -0.25) is 9.69 Å². The molecule has 4 rings (SSSR count). The zero-order chi connectivity index (χ0) is 19.7. The van der Waals surface area contributed by atoms with Gasteiger partial charge in [0.25, 0.3) is 0 Å². The van der Waals surface area contributed by atoms with Crippen LogP contribution in [0.4, 0.5) is 10.1 Å². The fourth-order valence-corrected chi connectivity index (χ4v) is 3.87. The van der Waals surface area contributed by atoms with E-state index in [1.165, 1.54) is 12.1 Å². The molecule has 1 aliphatic heterocycles. The Labute approximate surface area is 164 Å². The van der Waals surface area contributed by atoms with Crippen molar-refractivity contribution in [2.45, 2.75) is 37.3 Å². The molecule has 2 aliphatic rings. The number of methoxy groups -OCH3 is 1. The van der Waals surface area contributed by atoms with Crippen molar-refractivity contribution in [3.8, 4) is 11.5 Å². The summed E-state index contributed by atoms with van der Waals surface area (Å²) in [6.07, 6.45) is 3.49. The predicted molar refractivity (Wildman–Crippen MR) is 105 cm³/mol. The molecule has 1 saturated heterocycles. The lowest BCUT2D eigenvalue weighted by atomic mass is 9.93. The number of hydrogen-bond donors (Lipinski definition) is 1. The smallest absolute Gasteiger partial charge is 0.235 e. The Morgan fingerprint density at radius 1 is 1.21 bits per heavy atom. The summed E-state index contributed by atoms with van der Waals surface area (Å²) in [6.45, 7) is 0.991. The van der Waals surface area contributed by atoms with E-state index in [-0.39, 0.29) is 18.0 Å². The monoisotopic (exact) mass is 384 g/mol. The second kappa shape index (κ2) is 7.43. The van der Waals surface area contributed by atoms with Crippen molar-refractivity contribution >= 4 is 11.6 Å². The van der Waals surface area contributed by atoms with E-state index in [0.717, 1.165) is 37.8 Å². The van der Waals surface area contributed by atoms with E-state index < -0.39 is 5.41 Å². The molecule has 28 heavy (non-hydrogen) atoms. The van der Waals surface area contributed by atoms with Gasteiger partial charge >= 0.3 is 0 Å². The van der Waals surface area contributed by atoms with E-state index in [1.54, 1.807) is 19.2 Å². The third-order valence-electron chi connectivity index (χ3n) is 5.71. The largest absolute Gasteiger partial charge is 0.493 e. The van der Waals surface area contributed by atoms with Crippen molar-refractivity contribution < 1.29 is 18.7 Å². The van der Waals surface area contributed by atoms with Crippen LogP contribution in [0.1, 0.15) is 31.2 Å². The zero-order valence-electron chi connectivity index (χ0n) is 16.2. The molecule has 1 aliphatic carbocycles. The molecule has 1 unspecified atom stereocenters. The topological polar surface area (TPSA) is 50.8 Å². The SMILES string of the molecule is COc1cccc(C2(C(=O)Nc3ccc(F)cc3)CC2)c1OC1CCCN1C. The molecule has 1 N–H and O–H groups in total. The number of anilines is 1. The van der Waals surface area contributed by atoms with Crippen LogP contribution >= 0.6 is 0 Å². The van der Waals surface area contributed by atoms with Crippen molar-refractivity contribution in [3.63, 3.8) is 0 Å². The van der Waals surface area contributed by atoms with Crippen LogP contribution in [0.15, 0.2) is 42.5 Å². The molecule has 0 bridgehead atoms. The quantitative estimate of drug-likeness (QED) is 0.820. The first-order valence-corrected chi connectivity index (χ1v) is 9.65. The van der Waals surface area contributed by atoms with Gasteiger partial charge in [0.15, 0.2) is 17.7 Å². The second-order valence-corrected chi connectivity index (χ2v) is 7.58. The number of nitrogens with zero attached hydrogens (tertiary/aromatic N) is 1. The standard InChI is InChI=1S/C22H25FN2O3/c1-25-14-4-7-19(25)28-20-17(5-3-6-18(20)27-2)22(12-13-22)21(26)24-16-10-8-15(23)9-11-16/h3,5-6,8-11,19H,4,7,12-14H2,1-2H3,(H,24,26). The second-order valence-electron chi connectivity index (χ2n) is 7.58. The Morgan fingerprint density at radius 3 is 2.57 bits per heavy atom. The van der Waals surface area contributed by atoms with Crippen molar-refractivity contribution in [1.29, 1.82) is 0 Å². The van der Waals surface area contributed by atoms with E-state index in [0.29, 0.717) is 17.2 Å². The molecule has 148 valence electrons. The van der Waals surface area contributed by atoms with Crippen LogP contribution in [-0.2, 0) is 10.2 Å². The highest BCUT2D eigenvalue weighted by atomic mass is 19.1. The van der Waals surface area contributed by atoms with Gasteiger partial charge < -0.3 is 14.8 Å². The van der Waals surface area contributed by atoms with Gasteiger partial charge in [0.05, 0.1) is 12.5 Å². The molecule has 2 fully saturated rings. The third-order valence-corrected chi connectivity index (χ3v) is 5.71. The maximum atomic E-state index is 13.1. The van der Waals surface area contributed by atoms with Gasteiger partial charge in [0.1, 0.15) is 5.82 Å². The summed E-state index contributed by atoms with van der Waals surface area (Å²) in [7, 11) is 3.66. The fourth-order valence-electron chi connectivity index (χ4n) is 3.87. The number of rotatable bonds is 6. The van der Waals surface area contributed by atoms with Gasteiger partial charge in [0, 0.05) is 17.8 Å². The summed E-state index contributed by atoms with van der Waals surface area (Å²) >= 11 is 0. The maximum Gasteiger partial charge on any atom is 0.235 e. The van der Waals surface area contributed by atoms with Crippen LogP contribution in [-0.4, -0.2) is 37.7 Å². The van der Waals surface area contributed by atoms with Crippen molar-refractivity contribution in [2.75, 3.05) is 26.0 Å². The molecule has 2 aromatic carbocycles. The number of halogens is 1. The molecular weight excluding hydrogens is 359 g/mol. The number of carbonyl (C=O) groups is 1. The van der Waals surface area contributed by atoms with Crippen LogP contribution in [0, 0.1) is 5.82 Å². The van der Waals surface area contributed by atoms with Gasteiger partial charge in [-0.15, -0.1) is 0 Å². The van der Waals surface area contributed by atoms with E-state index in [2.05, 4.69) is 10.2 Å². The van der Waals surface area contributed by atoms with Crippen molar-refractivity contribution in [2.24, 2.45) is 0 Å². The first-order valence-electron chi connectivity index (χ1n) is 9.65. The van der Waals surface area contributed by atoms with Crippen molar-refractivity contribution in [1.82, 2.24) is 4.90 Å². The van der Waals surface area contributed by atoms with Crippen LogP contribution in [0.25, 0.3) is 0 Å². The third kappa shape index (κ3) is 3.44. The average Bonchev–Trinajstić information content (AvgIpc) is 3.41. The lowest BCUT2D eigenvalue weighted by Crippen LogP contribution is -2.33. The highest BCUT2D eigenvalue weighted by Gasteiger charge is 2.53. The highest BCUT2D eigenvalue weighted by molar-refractivity contribution is 6.02. The number of hydrogen-bond acceptors (Lipinski definition) is 4. The molecule has 1 saturated carbocycles. The molecule has 0 spiro atoms. The van der Waals surface area contributed by atoms with Gasteiger partial charge in [-0.05, 0) is 63.1 Å². The first kappa shape index (κ1) is 18.7. The molecule has 0 radical (unpaired) electrons. The Bertz CT molecular complexity index is 865. The summed E-state index contributed by atoms with van der Waals surface area (Å²) in [4.78, 5) is 15.3. The highest BCUT2D eigenvalue weighted by Crippen LogP contribution is 2.54. The molecule has 0 aromatic heterocycles. The van der Waals surface area contributed by atoms with Crippen molar-refractivity contribution in [3.05, 3.63) is 53.8 Å². The Balaban J connectivity index is 1.63. The lowest BCUT2D eigenvalue weighted by Gasteiger charge is -2.26. The minimum Gasteiger partial charge on any atom is -0.493 e. The number of amides is 1. The van der Waals surface area contributed by atoms with Gasteiger partial charge in [0.2, 0.25) is 5.91 Å². The molecular formula is C22H25FN2O3. The van der Waals surface area contributed by atoms with Gasteiger partial charge in [-0.2, -0.15) is 0 Å². The Morgan fingerprint density at radius 2 is 1.96 bits per heavy atom. The van der Waals surface area contributed by atoms with Gasteiger partial charge in [-0.25, -0.2) is 4.39 Å². The van der Waals surface area contributed by atoms with E-state index in [4.69, 9.17) is 9.47 Å². The fraction of sp³-hybridized carbons (Fsp3) is 0.409. The van der Waals surface area contributed by atoms with Crippen LogP contribution < -0.4 is 14.8 Å². The summed E-state index contributed by atoms with van der Waals surface area (Å²) < 4.78 is 25.1. The summed E-state index contributed by atoms with van der Waals surface area (Å²) in [5.74, 6) is 0.856. The lowest BCUT2D eigenvalue weighted by molar-refractivity contribution is -0.118. The number of benzene rings is 2. The Hall–Kier alpha value is -2.60. The molecule has 5 nitrogen and oxygen atoms in total. The predicted octanol–water partition coefficient (Wildman–Crippen LogP) is 3.94. The minimum atomic E-state index is -0.643. The maximum absolute atomic E-state index is 13.1. The zero-order valence-corrected chi connectivity index (χ0v) is 16.2. The minimum absolute atomic E-state index is 0.0222. The molecule has 2 aromatic rings. The first-order chi connectivity index (χ1) is 13.5. The Kier molecular flexibility index (Phi) is 4.98. The van der Waals surface area contributed by atoms with Gasteiger partial charge in [-0.1, -0.05) is 12.1 Å². The van der Waals surface area contributed by atoms with Crippen LogP contribution in [0.2, 0.25) is 0 Å². The summed E-state index contributed by atoms with van der Waals surface area (Å²) in [5, 5.41) is 2.93. The number of likely N-dealkylation sites (tertiary alicyclic amines) is 1. The number of nitrogens with one attached hydrogen (secondary N) is 1. The average molecular weight is 384 g/mol. The number of carbonyl (C=O) groups excluding carboxylic acids is 1.